The number of hydrogen-bond acceptors (Lipinski definition) is 8. The van der Waals surface area contributed by atoms with E-state index in [1.807, 2.05) is 13.8 Å². The van der Waals surface area contributed by atoms with Gasteiger partial charge in [-0.1, -0.05) is 0 Å². The molecule has 1 saturated heterocycles. The van der Waals surface area contributed by atoms with Crippen LogP contribution in [0.3, 0.4) is 0 Å². The smallest absolute Gasteiger partial charge is 0.408 e. The van der Waals surface area contributed by atoms with Crippen LogP contribution in [-0.2, 0) is 18.9 Å². The Morgan fingerprint density at radius 1 is 1.44 bits per heavy atom. The van der Waals surface area contributed by atoms with Crippen LogP contribution < -0.4 is 5.32 Å². The molecule has 0 aromatic carbocycles. The fourth-order valence-corrected chi connectivity index (χ4v) is 3.41. The summed E-state index contributed by atoms with van der Waals surface area (Å²) >= 11 is 1.28. The predicted molar refractivity (Wildman–Crippen MR) is 99.7 cm³/mol. The van der Waals surface area contributed by atoms with Gasteiger partial charge in [0.05, 0.1) is 25.4 Å². The number of alkyl carbamates (subject to hydrolysis) is 1. The van der Waals surface area contributed by atoms with Crippen molar-refractivity contribution in [1.82, 2.24) is 10.3 Å². The van der Waals surface area contributed by atoms with E-state index in [9.17, 15) is 9.59 Å². The number of nitrogens with one attached hydrogen (secondary N) is 1. The van der Waals surface area contributed by atoms with Crippen molar-refractivity contribution in [2.24, 2.45) is 0 Å². The van der Waals surface area contributed by atoms with Crippen LogP contribution in [0, 0.1) is 0 Å². The van der Waals surface area contributed by atoms with Crippen molar-refractivity contribution in [3.05, 3.63) is 16.1 Å². The highest BCUT2D eigenvalue weighted by Gasteiger charge is 2.36. The molecule has 0 radical (unpaired) electrons. The number of amides is 1. The van der Waals surface area contributed by atoms with Crippen molar-refractivity contribution >= 4 is 23.4 Å². The summed E-state index contributed by atoms with van der Waals surface area (Å²) < 4.78 is 21.8. The second kappa shape index (κ2) is 8.53. The van der Waals surface area contributed by atoms with Crippen LogP contribution in [-0.4, -0.2) is 47.8 Å². The summed E-state index contributed by atoms with van der Waals surface area (Å²) in [7, 11) is 0. The monoisotopic (exact) mass is 400 g/mol. The highest BCUT2D eigenvalue weighted by molar-refractivity contribution is 7.09. The molecule has 1 aromatic heterocycles. The van der Waals surface area contributed by atoms with Crippen molar-refractivity contribution in [2.45, 2.75) is 71.5 Å². The number of esters is 1. The Balaban J connectivity index is 2.14. The lowest BCUT2D eigenvalue weighted by Gasteiger charge is -2.24. The number of nitrogens with zero attached hydrogens (tertiary/aromatic N) is 1. The minimum Gasteiger partial charge on any atom is -0.461 e. The molecular weight excluding hydrogens is 372 g/mol. The first-order valence-corrected chi connectivity index (χ1v) is 9.81. The molecule has 0 unspecified atom stereocenters. The summed E-state index contributed by atoms with van der Waals surface area (Å²) in [5.41, 5.74) is -0.403. The zero-order valence-corrected chi connectivity index (χ0v) is 17.5. The van der Waals surface area contributed by atoms with Crippen molar-refractivity contribution in [1.29, 1.82) is 0 Å². The third kappa shape index (κ3) is 6.75. The van der Waals surface area contributed by atoms with Crippen LogP contribution in [0.5, 0.6) is 0 Å². The van der Waals surface area contributed by atoms with E-state index >= 15 is 0 Å². The number of thiazole rings is 1. The molecular formula is C18H28N2O6S. The first-order chi connectivity index (χ1) is 12.5. The molecule has 27 heavy (non-hydrogen) atoms. The van der Waals surface area contributed by atoms with Gasteiger partial charge < -0.3 is 24.3 Å². The van der Waals surface area contributed by atoms with Crippen molar-refractivity contribution in [2.75, 3.05) is 13.2 Å². The summed E-state index contributed by atoms with van der Waals surface area (Å²) in [6.07, 6.45) is -0.327. The molecule has 1 fully saturated rings. The average Bonchev–Trinajstić information content (AvgIpc) is 3.11. The summed E-state index contributed by atoms with van der Waals surface area (Å²) in [6, 6.07) is -0.476. The van der Waals surface area contributed by atoms with Crippen LogP contribution in [0.1, 0.15) is 69.5 Å². The van der Waals surface area contributed by atoms with Crippen LogP contribution in [0.2, 0.25) is 0 Å². The summed E-state index contributed by atoms with van der Waals surface area (Å²) in [4.78, 5) is 28.5. The van der Waals surface area contributed by atoms with E-state index in [1.54, 1.807) is 33.1 Å². The summed E-state index contributed by atoms with van der Waals surface area (Å²) in [5.74, 6) is -1.15. The fraction of sp³-hybridized carbons (Fsp3) is 0.722. The Hall–Kier alpha value is -1.71. The molecule has 1 N–H and O–H groups in total. The van der Waals surface area contributed by atoms with E-state index < -0.39 is 29.5 Å². The zero-order valence-electron chi connectivity index (χ0n) is 16.7. The Morgan fingerprint density at radius 3 is 2.70 bits per heavy atom. The molecule has 0 saturated carbocycles. The van der Waals surface area contributed by atoms with E-state index in [2.05, 4.69) is 10.3 Å². The topological polar surface area (TPSA) is 96.0 Å². The van der Waals surface area contributed by atoms with Gasteiger partial charge in [-0.25, -0.2) is 14.6 Å². The Morgan fingerprint density at radius 2 is 2.15 bits per heavy atom. The molecule has 0 bridgehead atoms. The lowest BCUT2D eigenvalue weighted by molar-refractivity contribution is -0.139. The molecule has 8 nitrogen and oxygen atoms in total. The molecule has 2 heterocycles. The maximum atomic E-state index is 12.3. The number of aromatic nitrogens is 1. The minimum atomic E-state index is -0.667. The highest BCUT2D eigenvalue weighted by atomic mass is 32.1. The fourth-order valence-electron chi connectivity index (χ4n) is 2.56. The number of hydrogen-bond donors (Lipinski definition) is 1. The van der Waals surface area contributed by atoms with Crippen molar-refractivity contribution in [3.8, 4) is 0 Å². The third-order valence-electron chi connectivity index (χ3n) is 3.56. The van der Waals surface area contributed by atoms with Gasteiger partial charge in [-0.3, -0.25) is 0 Å². The van der Waals surface area contributed by atoms with Gasteiger partial charge in [0, 0.05) is 11.8 Å². The average molecular weight is 400 g/mol. The molecule has 9 heteroatoms. The quantitative estimate of drug-likeness (QED) is 0.731. The largest absolute Gasteiger partial charge is 0.461 e. The van der Waals surface area contributed by atoms with Crippen LogP contribution in [0.4, 0.5) is 4.79 Å². The standard InChI is InChI=1S/C18H28N2O6S/c1-7-23-15(21)13-10-27-14(19-13)12(20-16(22)26-17(2,3)4)8-11-9-24-18(5,6)25-11/h10-12H,7-9H2,1-6H3,(H,20,22)/t11-,12-/m0/s1. The van der Waals surface area contributed by atoms with Crippen molar-refractivity contribution in [3.63, 3.8) is 0 Å². The van der Waals surface area contributed by atoms with E-state index in [4.69, 9.17) is 18.9 Å². The molecule has 2 atom stereocenters. The van der Waals surface area contributed by atoms with Gasteiger partial charge in [0.25, 0.3) is 0 Å². The first kappa shape index (κ1) is 21.6. The van der Waals surface area contributed by atoms with Gasteiger partial charge in [0.2, 0.25) is 0 Å². The van der Waals surface area contributed by atoms with Gasteiger partial charge in [-0.15, -0.1) is 11.3 Å². The maximum Gasteiger partial charge on any atom is 0.408 e. The molecule has 1 amide bonds. The van der Waals surface area contributed by atoms with Crippen LogP contribution in [0.25, 0.3) is 0 Å². The maximum absolute atomic E-state index is 12.3. The van der Waals surface area contributed by atoms with Gasteiger partial charge >= 0.3 is 12.1 Å². The predicted octanol–water partition coefficient (Wildman–Crippen LogP) is 3.43. The van der Waals surface area contributed by atoms with Crippen molar-refractivity contribution < 1.29 is 28.5 Å². The third-order valence-corrected chi connectivity index (χ3v) is 4.52. The minimum absolute atomic E-state index is 0.213. The highest BCUT2D eigenvalue weighted by Crippen LogP contribution is 2.30. The van der Waals surface area contributed by atoms with Gasteiger partial charge in [-0.2, -0.15) is 0 Å². The van der Waals surface area contributed by atoms with Gasteiger partial charge in [0.1, 0.15) is 10.6 Å². The van der Waals surface area contributed by atoms with Gasteiger partial charge in [-0.05, 0) is 41.5 Å². The lowest BCUT2D eigenvalue weighted by Crippen LogP contribution is -2.36. The van der Waals surface area contributed by atoms with Crippen LogP contribution >= 0.6 is 11.3 Å². The van der Waals surface area contributed by atoms with E-state index in [-0.39, 0.29) is 18.4 Å². The number of carbonyl (C=O) groups is 2. The Labute approximate surface area is 163 Å². The van der Waals surface area contributed by atoms with Crippen LogP contribution in [0.15, 0.2) is 5.38 Å². The summed E-state index contributed by atoms with van der Waals surface area (Å²) in [5, 5.41) is 5.03. The van der Waals surface area contributed by atoms with E-state index in [1.165, 1.54) is 11.3 Å². The van der Waals surface area contributed by atoms with Gasteiger partial charge in [0.15, 0.2) is 11.5 Å². The molecule has 1 aliphatic heterocycles. The number of rotatable bonds is 6. The second-order valence-corrected chi connectivity index (χ2v) is 8.57. The van der Waals surface area contributed by atoms with E-state index in [0.29, 0.717) is 18.0 Å². The Bertz CT molecular complexity index is 667. The SMILES string of the molecule is CCOC(=O)c1csc([C@H](C[C@H]2COC(C)(C)O2)NC(=O)OC(C)(C)C)n1. The summed E-state index contributed by atoms with van der Waals surface area (Å²) in [6.45, 7) is 11.5. The molecule has 2 rings (SSSR count). The normalized spacial score (nSPS) is 20.1. The number of carbonyl (C=O) groups excluding carboxylic acids is 2. The number of ether oxygens (including phenoxy) is 4. The molecule has 1 aromatic rings. The first-order valence-electron chi connectivity index (χ1n) is 8.93. The Kier molecular flexibility index (Phi) is 6.82. The molecule has 0 spiro atoms. The molecule has 152 valence electrons. The van der Waals surface area contributed by atoms with E-state index in [0.717, 1.165) is 0 Å². The lowest BCUT2D eigenvalue weighted by atomic mass is 10.1. The molecule has 1 aliphatic rings. The molecule has 0 aliphatic carbocycles. The second-order valence-electron chi connectivity index (χ2n) is 7.68. The zero-order chi connectivity index (χ0) is 20.2.